The van der Waals surface area contributed by atoms with Gasteiger partial charge in [0.05, 0.1) is 4.90 Å². The van der Waals surface area contributed by atoms with Crippen LogP contribution in [0.15, 0.2) is 29.2 Å². The molecule has 1 aromatic carbocycles. The highest BCUT2D eigenvalue weighted by molar-refractivity contribution is 7.89. The number of amides is 1. The van der Waals surface area contributed by atoms with E-state index in [1.165, 1.54) is 50.2 Å². The van der Waals surface area contributed by atoms with Crippen LogP contribution in [0.1, 0.15) is 42.5 Å². The average molecular weight is 350 g/mol. The number of likely N-dealkylation sites (tertiary alicyclic amines) is 1. The van der Waals surface area contributed by atoms with Gasteiger partial charge in [-0.1, -0.05) is 25.3 Å². The minimum atomic E-state index is -3.52. The number of hydrogen-bond donors (Lipinski definition) is 0. The Morgan fingerprint density at radius 2 is 1.83 bits per heavy atom. The molecule has 1 aliphatic heterocycles. The molecule has 0 radical (unpaired) electrons. The largest absolute Gasteiger partial charge is 0.338 e. The van der Waals surface area contributed by atoms with Crippen LogP contribution in [0.25, 0.3) is 0 Å². The third-order valence-electron chi connectivity index (χ3n) is 5.44. The van der Waals surface area contributed by atoms with Crippen molar-refractivity contribution in [1.29, 1.82) is 0 Å². The maximum atomic E-state index is 12.8. The fourth-order valence-corrected chi connectivity index (χ4v) is 4.92. The Morgan fingerprint density at radius 1 is 1.12 bits per heavy atom. The lowest BCUT2D eigenvalue weighted by molar-refractivity contribution is 0.0520. The number of benzene rings is 1. The number of carbonyl (C=O) groups excluding carboxylic acids is 1. The first-order chi connectivity index (χ1) is 11.4. The summed E-state index contributed by atoms with van der Waals surface area (Å²) < 4.78 is 25.7. The summed E-state index contributed by atoms with van der Waals surface area (Å²) in [5, 5.41) is 0. The third-order valence-corrected chi connectivity index (χ3v) is 7.25. The smallest absolute Gasteiger partial charge is 0.253 e. The number of rotatable bonds is 3. The summed E-state index contributed by atoms with van der Waals surface area (Å²) in [4.78, 5) is 14.9. The Labute approximate surface area is 144 Å². The molecule has 24 heavy (non-hydrogen) atoms. The van der Waals surface area contributed by atoms with E-state index in [1.54, 1.807) is 18.2 Å². The molecule has 132 valence electrons. The van der Waals surface area contributed by atoms with E-state index in [2.05, 4.69) is 0 Å². The number of nitrogens with zero attached hydrogens (tertiary/aromatic N) is 2. The minimum Gasteiger partial charge on any atom is -0.338 e. The molecular weight excluding hydrogens is 324 g/mol. The second-order valence-corrected chi connectivity index (χ2v) is 9.31. The molecule has 0 aromatic heterocycles. The van der Waals surface area contributed by atoms with Crippen molar-refractivity contribution in [2.75, 3.05) is 27.2 Å². The molecule has 0 bridgehead atoms. The van der Waals surface area contributed by atoms with Gasteiger partial charge in [0.15, 0.2) is 0 Å². The molecule has 3 rings (SSSR count). The number of hydrogen-bond acceptors (Lipinski definition) is 3. The maximum absolute atomic E-state index is 12.8. The molecule has 1 aliphatic carbocycles. The van der Waals surface area contributed by atoms with E-state index in [4.69, 9.17) is 0 Å². The molecule has 0 N–H and O–H groups in total. The van der Waals surface area contributed by atoms with Gasteiger partial charge in [0, 0.05) is 32.7 Å². The van der Waals surface area contributed by atoms with E-state index < -0.39 is 10.0 Å². The molecule has 1 saturated heterocycles. The molecule has 1 aromatic rings. The number of fused-ring (bicyclic) bond motifs is 1. The molecule has 6 heteroatoms. The van der Waals surface area contributed by atoms with Crippen LogP contribution in [0.4, 0.5) is 0 Å². The van der Waals surface area contributed by atoms with Crippen molar-refractivity contribution in [3.63, 3.8) is 0 Å². The van der Waals surface area contributed by atoms with Gasteiger partial charge >= 0.3 is 0 Å². The lowest BCUT2D eigenvalue weighted by Crippen LogP contribution is -2.44. The first-order valence-electron chi connectivity index (χ1n) is 8.71. The van der Waals surface area contributed by atoms with Crippen molar-refractivity contribution in [3.05, 3.63) is 29.8 Å². The van der Waals surface area contributed by atoms with Crippen molar-refractivity contribution in [2.24, 2.45) is 11.8 Å². The highest BCUT2D eigenvalue weighted by Gasteiger charge is 2.33. The SMILES string of the molecule is CN(C)S(=O)(=O)c1cccc(C(=O)N2CC[C@@H]3CCCC[C@H]3C2)c1. The van der Waals surface area contributed by atoms with Gasteiger partial charge in [0.25, 0.3) is 5.91 Å². The molecule has 2 atom stereocenters. The zero-order valence-corrected chi connectivity index (χ0v) is 15.3. The molecule has 2 aliphatic rings. The van der Waals surface area contributed by atoms with E-state index in [0.29, 0.717) is 11.5 Å². The van der Waals surface area contributed by atoms with Crippen molar-refractivity contribution in [3.8, 4) is 0 Å². The topological polar surface area (TPSA) is 57.7 Å². The average Bonchev–Trinajstić information content (AvgIpc) is 2.60. The van der Waals surface area contributed by atoms with Crippen LogP contribution in [-0.4, -0.2) is 50.7 Å². The molecular formula is C18H26N2O3S. The van der Waals surface area contributed by atoms with Gasteiger partial charge in [-0.3, -0.25) is 4.79 Å². The Bertz CT molecular complexity index is 715. The van der Waals surface area contributed by atoms with Gasteiger partial charge in [-0.05, 0) is 42.9 Å². The molecule has 2 fully saturated rings. The fourth-order valence-electron chi connectivity index (χ4n) is 3.97. The molecule has 1 saturated carbocycles. The van der Waals surface area contributed by atoms with Gasteiger partial charge in [0.1, 0.15) is 0 Å². The summed E-state index contributed by atoms with van der Waals surface area (Å²) in [6.45, 7) is 1.60. The summed E-state index contributed by atoms with van der Waals surface area (Å²) in [5.41, 5.74) is 0.465. The summed E-state index contributed by atoms with van der Waals surface area (Å²) in [5.74, 6) is 1.34. The Morgan fingerprint density at radius 3 is 2.54 bits per heavy atom. The Hall–Kier alpha value is -1.40. The first-order valence-corrected chi connectivity index (χ1v) is 10.2. The molecule has 5 nitrogen and oxygen atoms in total. The van der Waals surface area contributed by atoms with Crippen LogP contribution in [-0.2, 0) is 10.0 Å². The first kappa shape index (κ1) is 17.4. The number of carbonyl (C=O) groups is 1. The van der Waals surface area contributed by atoms with Gasteiger partial charge in [-0.15, -0.1) is 0 Å². The van der Waals surface area contributed by atoms with E-state index in [9.17, 15) is 13.2 Å². The normalized spacial score (nSPS) is 24.7. The van der Waals surface area contributed by atoms with E-state index >= 15 is 0 Å². The molecule has 1 heterocycles. The van der Waals surface area contributed by atoms with Gasteiger partial charge < -0.3 is 4.90 Å². The van der Waals surface area contributed by atoms with Crippen molar-refractivity contribution >= 4 is 15.9 Å². The molecule has 0 unspecified atom stereocenters. The van der Waals surface area contributed by atoms with Gasteiger partial charge in [-0.2, -0.15) is 0 Å². The summed E-state index contributed by atoms with van der Waals surface area (Å²) in [6, 6.07) is 6.41. The highest BCUT2D eigenvalue weighted by atomic mass is 32.2. The second kappa shape index (κ2) is 6.84. The predicted octanol–water partition coefficient (Wildman–Crippen LogP) is 2.59. The Kier molecular flexibility index (Phi) is 4.97. The lowest BCUT2D eigenvalue weighted by Gasteiger charge is -2.41. The van der Waals surface area contributed by atoms with Crippen LogP contribution in [0.3, 0.4) is 0 Å². The van der Waals surface area contributed by atoms with E-state index in [-0.39, 0.29) is 10.8 Å². The quantitative estimate of drug-likeness (QED) is 0.842. The standard InChI is InChI=1S/C18H26N2O3S/c1-19(2)24(22,23)17-9-5-8-15(12-17)18(21)20-11-10-14-6-3-4-7-16(14)13-20/h5,8-9,12,14,16H,3-4,6-7,10-11,13H2,1-2H3/t14-,16-/m0/s1. The number of piperidine rings is 1. The highest BCUT2D eigenvalue weighted by Crippen LogP contribution is 2.36. The van der Waals surface area contributed by atoms with Crippen LogP contribution in [0, 0.1) is 11.8 Å². The monoisotopic (exact) mass is 350 g/mol. The second-order valence-electron chi connectivity index (χ2n) is 7.16. The minimum absolute atomic E-state index is 0.0465. The summed E-state index contributed by atoms with van der Waals surface area (Å²) >= 11 is 0. The predicted molar refractivity (Wildman–Crippen MR) is 93.3 cm³/mol. The van der Waals surface area contributed by atoms with Crippen LogP contribution in [0.2, 0.25) is 0 Å². The van der Waals surface area contributed by atoms with E-state index in [0.717, 1.165) is 25.4 Å². The zero-order chi connectivity index (χ0) is 17.3. The van der Waals surface area contributed by atoms with Crippen molar-refractivity contribution in [2.45, 2.75) is 37.0 Å². The van der Waals surface area contributed by atoms with Crippen molar-refractivity contribution in [1.82, 2.24) is 9.21 Å². The summed E-state index contributed by atoms with van der Waals surface area (Å²) in [6.07, 6.45) is 6.16. The van der Waals surface area contributed by atoms with E-state index in [1.807, 2.05) is 4.90 Å². The van der Waals surface area contributed by atoms with Gasteiger partial charge in [-0.25, -0.2) is 12.7 Å². The van der Waals surface area contributed by atoms with Gasteiger partial charge in [0.2, 0.25) is 10.0 Å². The zero-order valence-electron chi connectivity index (χ0n) is 14.4. The maximum Gasteiger partial charge on any atom is 0.253 e. The summed E-state index contributed by atoms with van der Waals surface area (Å²) in [7, 11) is -0.525. The molecule has 1 amide bonds. The lowest BCUT2D eigenvalue weighted by atomic mass is 9.75. The fraction of sp³-hybridized carbons (Fsp3) is 0.611. The van der Waals surface area contributed by atoms with Crippen molar-refractivity contribution < 1.29 is 13.2 Å². The third kappa shape index (κ3) is 3.35. The van der Waals surface area contributed by atoms with Crippen LogP contribution >= 0.6 is 0 Å². The molecule has 0 spiro atoms. The Balaban J connectivity index is 1.78. The van der Waals surface area contributed by atoms with Crippen LogP contribution < -0.4 is 0 Å². The number of sulfonamides is 1. The van der Waals surface area contributed by atoms with Crippen LogP contribution in [0.5, 0.6) is 0 Å².